The molecule has 3 aliphatic rings. The summed E-state index contributed by atoms with van der Waals surface area (Å²) in [5, 5.41) is 39.6. The first-order valence-corrected chi connectivity index (χ1v) is 16.1. The highest BCUT2D eigenvalue weighted by molar-refractivity contribution is 7.83. The molecule has 1 aromatic heterocycles. The Bertz CT molecular complexity index is 1490. The number of rotatable bonds is 13. The van der Waals surface area contributed by atoms with Crippen molar-refractivity contribution in [2.24, 2.45) is 11.8 Å². The number of hydrogen-bond donors (Lipinski definition) is 8. The van der Waals surface area contributed by atoms with Crippen molar-refractivity contribution in [1.82, 2.24) is 20.9 Å². The normalized spacial score (nSPS) is 28.1. The molecule has 4 heterocycles. The largest absolute Gasteiger partial charge is 0.481 e. The number of aliphatic hydroxyl groups is 1. The fraction of sp³-hybridized carbons (Fsp3) is 0.576. The van der Waals surface area contributed by atoms with Crippen molar-refractivity contribution in [2.75, 3.05) is 0 Å². The van der Waals surface area contributed by atoms with Gasteiger partial charge in [-0.1, -0.05) is 27.2 Å². The molecule has 1 saturated heterocycles. The topological polar surface area (TPSA) is 181 Å². The Hall–Kier alpha value is -3.51. The number of carbonyl (C=O) groups is 4. The molecular formula is C33H46N4O7S. The Labute approximate surface area is 269 Å². The average Bonchev–Trinajstić information content (AvgIpc) is 3.60. The summed E-state index contributed by atoms with van der Waals surface area (Å²) in [7, 11) is 0. The van der Waals surface area contributed by atoms with Gasteiger partial charge in [-0.05, 0) is 73.5 Å². The van der Waals surface area contributed by atoms with Crippen LogP contribution in [0.4, 0.5) is 0 Å². The van der Waals surface area contributed by atoms with E-state index in [2.05, 4.69) is 40.5 Å². The quantitative estimate of drug-likeness (QED) is 0.151. The van der Waals surface area contributed by atoms with E-state index in [1.54, 1.807) is 6.08 Å². The number of allylic oxidation sites excluding steroid dienone is 2. The van der Waals surface area contributed by atoms with E-state index in [0.29, 0.717) is 48.2 Å². The van der Waals surface area contributed by atoms with Gasteiger partial charge in [0.1, 0.15) is 4.75 Å². The lowest BCUT2D eigenvalue weighted by Gasteiger charge is -2.20. The van der Waals surface area contributed by atoms with Crippen LogP contribution in [0.5, 0.6) is 0 Å². The van der Waals surface area contributed by atoms with E-state index >= 15 is 0 Å². The summed E-state index contributed by atoms with van der Waals surface area (Å²) >= 11 is 4.64. The molecule has 0 bridgehead atoms. The van der Waals surface area contributed by atoms with Crippen LogP contribution in [0, 0.1) is 18.8 Å². The number of nitrogens with one attached hydrogen (secondary N) is 4. The lowest BCUT2D eigenvalue weighted by molar-refractivity contribution is -0.139. The molecule has 4 rings (SSSR count). The van der Waals surface area contributed by atoms with Crippen molar-refractivity contribution in [2.45, 2.75) is 109 Å². The Morgan fingerprint density at radius 1 is 1.04 bits per heavy atom. The minimum atomic E-state index is -1.27. The third-order valence-corrected chi connectivity index (χ3v) is 10.9. The maximum atomic E-state index is 12.7. The molecule has 3 aliphatic heterocycles. The van der Waals surface area contributed by atoms with E-state index in [-0.39, 0.29) is 36.1 Å². The number of hydrogen-bond acceptors (Lipinski definition) is 7. The zero-order chi connectivity index (χ0) is 33.4. The molecule has 7 N–H and O–H groups in total. The van der Waals surface area contributed by atoms with Crippen molar-refractivity contribution in [1.29, 1.82) is 0 Å². The first kappa shape index (κ1) is 34.4. The van der Waals surface area contributed by atoms with Crippen molar-refractivity contribution in [3.63, 3.8) is 0 Å². The van der Waals surface area contributed by atoms with Gasteiger partial charge in [0, 0.05) is 54.0 Å². The molecule has 1 fully saturated rings. The minimum Gasteiger partial charge on any atom is -0.481 e. The third-order valence-electron chi connectivity index (χ3n) is 10.1. The van der Waals surface area contributed by atoms with Crippen LogP contribution in [-0.2, 0) is 38.4 Å². The van der Waals surface area contributed by atoms with Gasteiger partial charge in [0.25, 0.3) is 0 Å². The molecule has 0 aromatic carbocycles. The number of carbonyl (C=O) groups excluding carboxylic acids is 2. The highest BCUT2D eigenvalue weighted by atomic mass is 32.1. The van der Waals surface area contributed by atoms with Gasteiger partial charge in [0.05, 0.1) is 18.6 Å². The van der Waals surface area contributed by atoms with Gasteiger partial charge in [-0.3, -0.25) is 19.2 Å². The van der Waals surface area contributed by atoms with E-state index in [0.717, 1.165) is 34.5 Å². The van der Waals surface area contributed by atoms with Crippen molar-refractivity contribution < 1.29 is 34.5 Å². The third kappa shape index (κ3) is 6.72. The van der Waals surface area contributed by atoms with Gasteiger partial charge in [0.15, 0.2) is 0 Å². The second-order valence-electron chi connectivity index (χ2n) is 12.6. The zero-order valence-electron chi connectivity index (χ0n) is 26.8. The van der Waals surface area contributed by atoms with Crippen LogP contribution < -0.4 is 16.0 Å². The second-order valence-corrected chi connectivity index (χ2v) is 13.4. The summed E-state index contributed by atoms with van der Waals surface area (Å²) in [6.45, 7) is 11.5. The highest BCUT2D eigenvalue weighted by Crippen LogP contribution is 2.38. The first-order chi connectivity index (χ1) is 21.1. The molecule has 246 valence electrons. The van der Waals surface area contributed by atoms with Crippen molar-refractivity contribution in [3.8, 4) is 0 Å². The number of aromatic amines is 1. The number of carboxylic acids is 2. The Morgan fingerprint density at radius 3 is 2.31 bits per heavy atom. The summed E-state index contributed by atoms with van der Waals surface area (Å²) in [6, 6.07) is -0.552. The van der Waals surface area contributed by atoms with Gasteiger partial charge in [0.2, 0.25) is 11.8 Å². The lowest BCUT2D eigenvalue weighted by Crippen LogP contribution is -2.34. The number of aliphatic carboxylic acids is 2. The number of carboxylic acid groups (broad SMARTS) is 2. The van der Waals surface area contributed by atoms with Crippen LogP contribution in [-0.4, -0.2) is 67.0 Å². The number of aromatic nitrogens is 1. The van der Waals surface area contributed by atoms with Crippen LogP contribution in [0.1, 0.15) is 82.8 Å². The zero-order valence-corrected chi connectivity index (χ0v) is 27.7. The lowest BCUT2D eigenvalue weighted by atomic mass is 9.86. The monoisotopic (exact) mass is 642 g/mol. The molecule has 2 unspecified atom stereocenters. The highest BCUT2D eigenvalue weighted by Gasteiger charge is 2.42. The van der Waals surface area contributed by atoms with Crippen LogP contribution in [0.2, 0.25) is 0 Å². The first-order valence-electron chi connectivity index (χ1n) is 15.7. The molecule has 0 saturated carbocycles. The van der Waals surface area contributed by atoms with Crippen molar-refractivity contribution >= 4 is 36.4 Å². The Balaban J connectivity index is 1.72. The van der Waals surface area contributed by atoms with Gasteiger partial charge in [-0.25, -0.2) is 0 Å². The fourth-order valence-electron chi connectivity index (χ4n) is 7.22. The number of amides is 2. The summed E-state index contributed by atoms with van der Waals surface area (Å²) in [5.41, 5.74) is 6.75. The van der Waals surface area contributed by atoms with Gasteiger partial charge < -0.3 is 36.3 Å². The minimum absolute atomic E-state index is 0.0347. The second kappa shape index (κ2) is 13.5. The maximum Gasteiger partial charge on any atom is 0.306 e. The molecule has 12 heteroatoms. The van der Waals surface area contributed by atoms with E-state index in [9.17, 15) is 34.5 Å². The van der Waals surface area contributed by atoms with Crippen LogP contribution >= 0.6 is 12.6 Å². The summed E-state index contributed by atoms with van der Waals surface area (Å²) < 4.78 is -0.932. The molecule has 0 radical (unpaired) electrons. The number of aliphatic hydroxyl groups excluding tert-OH is 1. The van der Waals surface area contributed by atoms with E-state index in [4.69, 9.17) is 0 Å². The molecule has 45 heavy (non-hydrogen) atoms. The Kier molecular flexibility index (Phi) is 10.3. The predicted molar refractivity (Wildman–Crippen MR) is 173 cm³/mol. The molecule has 11 nitrogen and oxygen atoms in total. The average molecular weight is 643 g/mol. The van der Waals surface area contributed by atoms with Crippen LogP contribution in [0.3, 0.4) is 0 Å². The molecule has 0 aliphatic carbocycles. The smallest absolute Gasteiger partial charge is 0.306 e. The molecule has 6 atom stereocenters. The van der Waals surface area contributed by atoms with Gasteiger partial charge in [-0.2, -0.15) is 12.6 Å². The fourth-order valence-corrected chi connectivity index (χ4v) is 7.40. The predicted octanol–water partition coefficient (Wildman–Crippen LogP) is 3.08. The van der Waals surface area contributed by atoms with E-state index in [1.807, 2.05) is 34.6 Å². The Morgan fingerprint density at radius 2 is 1.73 bits per heavy atom. The van der Waals surface area contributed by atoms with Crippen LogP contribution in [0.25, 0.3) is 0 Å². The van der Waals surface area contributed by atoms with E-state index < -0.39 is 35.3 Å². The molecule has 2 amide bonds. The van der Waals surface area contributed by atoms with Gasteiger partial charge >= 0.3 is 11.9 Å². The van der Waals surface area contributed by atoms with Gasteiger partial charge in [-0.15, -0.1) is 0 Å². The molecule has 1 aromatic rings. The molecular weight excluding hydrogens is 596 g/mol. The SMILES string of the molecule is CC[C@H]1C(Cc2[nH]c(CC3N/C(=C/C4=C(C)[C@@](S)(CC)C(=O)N4)C(C)=C3[C@H](O)CC(=O)O)c(CCC(=O)O)c2C)NC(=O)[C@@H]1C. The standard InChI is InChI=1S/C33H46N4O7S/c1-7-19-16(4)31(43)36-24(19)12-21-15(3)20(9-10-28(39)40)25(34-21)13-26-30(27(38)14-29(41)42)17(5)22(35-26)11-23-18(6)33(45,8-2)32(44)37-23/h11,16,19,24,26-27,34-35,38,45H,7-10,12-14H2,1-6H3,(H,36,43)(H,37,44)(H,39,40)(H,41,42)/b22-11+/t16-,19-,24?,26?,27-,33+/m1/s1. The van der Waals surface area contributed by atoms with Crippen molar-refractivity contribution in [3.05, 3.63) is 56.7 Å². The molecule has 0 spiro atoms. The summed E-state index contributed by atoms with van der Waals surface area (Å²) in [5.74, 6) is -2.15. The summed E-state index contributed by atoms with van der Waals surface area (Å²) in [4.78, 5) is 51.9. The van der Waals surface area contributed by atoms with E-state index in [1.165, 1.54) is 0 Å². The van der Waals surface area contributed by atoms with Crippen LogP contribution in [0.15, 0.2) is 34.2 Å². The number of H-pyrrole nitrogens is 1. The summed E-state index contributed by atoms with van der Waals surface area (Å²) in [6.07, 6.45) is 2.54. The number of thiol groups is 1. The maximum absolute atomic E-state index is 12.7.